The summed E-state index contributed by atoms with van der Waals surface area (Å²) in [6, 6.07) is 13.5. The van der Waals surface area contributed by atoms with E-state index in [-0.39, 0.29) is 5.91 Å². The highest BCUT2D eigenvalue weighted by atomic mass is 16.1. The maximum absolute atomic E-state index is 12.3. The van der Waals surface area contributed by atoms with Crippen LogP contribution >= 0.6 is 0 Å². The molecule has 0 bridgehead atoms. The zero-order valence-electron chi connectivity index (χ0n) is 14.4. The molecule has 0 radical (unpaired) electrons. The maximum Gasteiger partial charge on any atom is 0.255 e. The Balaban J connectivity index is 1.65. The van der Waals surface area contributed by atoms with Crippen LogP contribution in [0.15, 0.2) is 42.5 Å². The summed E-state index contributed by atoms with van der Waals surface area (Å²) in [7, 11) is 0. The topological polar surface area (TPSA) is 58.4 Å². The van der Waals surface area contributed by atoms with Crippen LogP contribution in [-0.2, 0) is 0 Å². The molecule has 3 N–H and O–H groups in total. The van der Waals surface area contributed by atoms with Crippen molar-refractivity contribution < 1.29 is 4.79 Å². The Hall–Kier alpha value is -2.49. The van der Waals surface area contributed by atoms with Crippen molar-refractivity contribution in [2.24, 2.45) is 5.92 Å². The van der Waals surface area contributed by atoms with Gasteiger partial charge in [0.05, 0.1) is 0 Å². The van der Waals surface area contributed by atoms with Crippen molar-refractivity contribution in [2.75, 3.05) is 29.0 Å². The molecule has 0 atom stereocenters. The number of nitrogen functional groups attached to an aromatic ring is 1. The Morgan fingerprint density at radius 3 is 2.42 bits per heavy atom. The fourth-order valence-corrected chi connectivity index (χ4v) is 3.01. The molecule has 0 aromatic heterocycles. The number of nitrogens with two attached hydrogens (primary N) is 1. The second-order valence-corrected chi connectivity index (χ2v) is 6.74. The second-order valence-electron chi connectivity index (χ2n) is 6.74. The number of nitrogens with one attached hydrogen (secondary N) is 1. The molecule has 0 saturated carbocycles. The van der Waals surface area contributed by atoms with Gasteiger partial charge in [-0.3, -0.25) is 4.79 Å². The SMILES string of the molecule is Cc1ccc(C(=O)Nc2ccc(N3CCC(C)CC3)cc2)cc1N. The van der Waals surface area contributed by atoms with E-state index >= 15 is 0 Å². The predicted molar refractivity (Wildman–Crippen MR) is 101 cm³/mol. The molecule has 1 saturated heterocycles. The maximum atomic E-state index is 12.3. The number of piperidine rings is 1. The minimum absolute atomic E-state index is 0.138. The number of anilines is 3. The third kappa shape index (κ3) is 3.70. The van der Waals surface area contributed by atoms with Crippen LogP contribution in [0.3, 0.4) is 0 Å². The summed E-state index contributed by atoms with van der Waals surface area (Å²) in [5.41, 5.74) is 10.1. The van der Waals surface area contributed by atoms with Gasteiger partial charge in [0.25, 0.3) is 5.91 Å². The smallest absolute Gasteiger partial charge is 0.255 e. The Morgan fingerprint density at radius 2 is 1.79 bits per heavy atom. The molecule has 1 amide bonds. The number of rotatable bonds is 3. The zero-order valence-corrected chi connectivity index (χ0v) is 14.4. The molecule has 1 heterocycles. The monoisotopic (exact) mass is 323 g/mol. The van der Waals surface area contributed by atoms with E-state index in [1.54, 1.807) is 12.1 Å². The van der Waals surface area contributed by atoms with Gasteiger partial charge in [-0.15, -0.1) is 0 Å². The molecule has 126 valence electrons. The van der Waals surface area contributed by atoms with Gasteiger partial charge >= 0.3 is 0 Å². The number of carbonyl (C=O) groups is 1. The van der Waals surface area contributed by atoms with Gasteiger partial charge in [0.15, 0.2) is 0 Å². The molecular weight excluding hydrogens is 298 g/mol. The summed E-state index contributed by atoms with van der Waals surface area (Å²) < 4.78 is 0. The third-order valence-electron chi connectivity index (χ3n) is 4.82. The largest absolute Gasteiger partial charge is 0.398 e. The lowest BCUT2D eigenvalue weighted by molar-refractivity contribution is 0.102. The van der Waals surface area contributed by atoms with Crippen molar-refractivity contribution in [3.63, 3.8) is 0 Å². The third-order valence-corrected chi connectivity index (χ3v) is 4.82. The second kappa shape index (κ2) is 6.95. The predicted octanol–water partition coefficient (Wildman–Crippen LogP) is 4.07. The van der Waals surface area contributed by atoms with E-state index in [1.807, 2.05) is 25.1 Å². The standard InChI is InChI=1S/C20H25N3O/c1-14-9-11-23(12-10-14)18-7-5-17(6-8-18)22-20(24)16-4-3-15(2)19(21)13-16/h3-8,13-14H,9-12,21H2,1-2H3,(H,22,24). The average molecular weight is 323 g/mol. The molecule has 3 rings (SSSR count). The molecule has 0 aliphatic carbocycles. The molecule has 2 aromatic rings. The molecule has 4 heteroatoms. The van der Waals surface area contributed by atoms with E-state index < -0.39 is 0 Å². The van der Waals surface area contributed by atoms with Gasteiger partial charge in [-0.2, -0.15) is 0 Å². The van der Waals surface area contributed by atoms with Gasteiger partial charge in [-0.25, -0.2) is 0 Å². The minimum atomic E-state index is -0.138. The van der Waals surface area contributed by atoms with E-state index in [4.69, 9.17) is 5.73 Å². The van der Waals surface area contributed by atoms with Gasteiger partial charge in [0.1, 0.15) is 0 Å². The molecule has 24 heavy (non-hydrogen) atoms. The molecule has 1 aliphatic heterocycles. The Labute approximate surface area is 143 Å². The van der Waals surface area contributed by atoms with Gasteiger partial charge in [-0.05, 0) is 67.6 Å². The zero-order chi connectivity index (χ0) is 17.1. The van der Waals surface area contributed by atoms with E-state index in [1.165, 1.54) is 18.5 Å². The Kier molecular flexibility index (Phi) is 4.74. The fourth-order valence-electron chi connectivity index (χ4n) is 3.01. The van der Waals surface area contributed by atoms with Crippen molar-refractivity contribution in [1.29, 1.82) is 0 Å². The number of aryl methyl sites for hydroxylation is 1. The Morgan fingerprint density at radius 1 is 1.12 bits per heavy atom. The van der Waals surface area contributed by atoms with Gasteiger partial charge in [0, 0.05) is 35.7 Å². The molecule has 1 aliphatic rings. The van der Waals surface area contributed by atoms with Crippen LogP contribution in [0, 0.1) is 12.8 Å². The van der Waals surface area contributed by atoms with E-state index in [2.05, 4.69) is 29.3 Å². The van der Waals surface area contributed by atoms with Crippen LogP contribution < -0.4 is 16.0 Å². The highest BCUT2D eigenvalue weighted by Crippen LogP contribution is 2.24. The quantitative estimate of drug-likeness (QED) is 0.837. The molecular formula is C20H25N3O. The molecule has 1 fully saturated rings. The average Bonchev–Trinajstić information content (AvgIpc) is 2.59. The first kappa shape index (κ1) is 16.4. The van der Waals surface area contributed by atoms with E-state index in [0.29, 0.717) is 11.3 Å². The first-order valence-electron chi connectivity index (χ1n) is 8.55. The van der Waals surface area contributed by atoms with Crippen molar-refractivity contribution >= 4 is 23.0 Å². The summed E-state index contributed by atoms with van der Waals surface area (Å²) >= 11 is 0. The number of amides is 1. The molecule has 4 nitrogen and oxygen atoms in total. The van der Waals surface area contributed by atoms with Crippen LogP contribution in [0.2, 0.25) is 0 Å². The highest BCUT2D eigenvalue weighted by molar-refractivity contribution is 6.04. The van der Waals surface area contributed by atoms with E-state index in [0.717, 1.165) is 30.3 Å². The normalized spacial score (nSPS) is 15.3. The summed E-state index contributed by atoms with van der Waals surface area (Å²) in [4.78, 5) is 14.7. The van der Waals surface area contributed by atoms with Gasteiger partial charge < -0.3 is 16.0 Å². The molecule has 0 unspecified atom stereocenters. The van der Waals surface area contributed by atoms with Crippen LogP contribution in [0.5, 0.6) is 0 Å². The van der Waals surface area contributed by atoms with Crippen molar-refractivity contribution in [2.45, 2.75) is 26.7 Å². The van der Waals surface area contributed by atoms with Crippen molar-refractivity contribution in [1.82, 2.24) is 0 Å². The van der Waals surface area contributed by atoms with Crippen LogP contribution in [0.25, 0.3) is 0 Å². The number of carbonyl (C=O) groups excluding carboxylic acids is 1. The molecule has 2 aromatic carbocycles. The first-order chi connectivity index (χ1) is 11.5. The summed E-state index contributed by atoms with van der Waals surface area (Å²) in [6.45, 7) is 6.45. The number of hydrogen-bond donors (Lipinski definition) is 2. The highest BCUT2D eigenvalue weighted by Gasteiger charge is 2.16. The van der Waals surface area contributed by atoms with Gasteiger partial charge in [0.2, 0.25) is 0 Å². The van der Waals surface area contributed by atoms with Gasteiger partial charge in [-0.1, -0.05) is 13.0 Å². The first-order valence-corrected chi connectivity index (χ1v) is 8.55. The van der Waals surface area contributed by atoms with Crippen molar-refractivity contribution in [3.8, 4) is 0 Å². The van der Waals surface area contributed by atoms with Crippen LogP contribution in [0.4, 0.5) is 17.1 Å². The number of nitrogens with zero attached hydrogens (tertiary/aromatic N) is 1. The van der Waals surface area contributed by atoms with E-state index in [9.17, 15) is 4.79 Å². The molecule has 0 spiro atoms. The number of benzene rings is 2. The summed E-state index contributed by atoms with van der Waals surface area (Å²) in [5.74, 6) is 0.683. The summed E-state index contributed by atoms with van der Waals surface area (Å²) in [5, 5.41) is 2.93. The Bertz CT molecular complexity index is 716. The van der Waals surface area contributed by atoms with Crippen molar-refractivity contribution in [3.05, 3.63) is 53.6 Å². The fraction of sp³-hybridized carbons (Fsp3) is 0.350. The lowest BCUT2D eigenvalue weighted by Gasteiger charge is -2.32. The summed E-state index contributed by atoms with van der Waals surface area (Å²) in [6.07, 6.45) is 2.49. The van der Waals surface area contributed by atoms with Crippen LogP contribution in [-0.4, -0.2) is 19.0 Å². The lowest BCUT2D eigenvalue weighted by atomic mass is 9.99. The lowest BCUT2D eigenvalue weighted by Crippen LogP contribution is -2.32. The number of hydrogen-bond acceptors (Lipinski definition) is 3. The van der Waals surface area contributed by atoms with Crippen LogP contribution in [0.1, 0.15) is 35.7 Å². The minimum Gasteiger partial charge on any atom is -0.398 e.